The number of hydrogen-bond acceptors (Lipinski definition) is 2. The molecule has 2 unspecified atom stereocenters. The van der Waals surface area contributed by atoms with E-state index in [2.05, 4.69) is 31.0 Å². The summed E-state index contributed by atoms with van der Waals surface area (Å²) in [5, 5.41) is 3.65. The van der Waals surface area contributed by atoms with Gasteiger partial charge in [-0.3, -0.25) is 4.90 Å². The summed E-state index contributed by atoms with van der Waals surface area (Å²) in [5.41, 5.74) is 0.764. The SMILES string of the molecule is CCC(C)NCC(C)N1CCC2(CCCC2)CC1. The average molecular weight is 252 g/mol. The molecule has 0 bridgehead atoms. The molecule has 1 heterocycles. The number of likely N-dealkylation sites (tertiary alicyclic amines) is 1. The summed E-state index contributed by atoms with van der Waals surface area (Å²) in [4.78, 5) is 2.71. The molecule has 2 heteroatoms. The van der Waals surface area contributed by atoms with Gasteiger partial charge in [0.25, 0.3) is 0 Å². The molecule has 2 atom stereocenters. The lowest BCUT2D eigenvalue weighted by Gasteiger charge is -2.42. The smallest absolute Gasteiger partial charge is 0.0192 e. The van der Waals surface area contributed by atoms with Crippen LogP contribution in [0, 0.1) is 5.41 Å². The minimum absolute atomic E-state index is 0.665. The van der Waals surface area contributed by atoms with Crippen molar-refractivity contribution in [2.75, 3.05) is 19.6 Å². The van der Waals surface area contributed by atoms with Gasteiger partial charge in [-0.15, -0.1) is 0 Å². The first-order valence-corrected chi connectivity index (χ1v) is 8.13. The largest absolute Gasteiger partial charge is 0.313 e. The zero-order valence-corrected chi connectivity index (χ0v) is 12.7. The van der Waals surface area contributed by atoms with Gasteiger partial charge in [-0.05, 0) is 64.5 Å². The third-order valence-corrected chi connectivity index (χ3v) is 5.52. The molecule has 2 rings (SSSR count). The van der Waals surface area contributed by atoms with Crippen LogP contribution in [0.2, 0.25) is 0 Å². The van der Waals surface area contributed by atoms with Gasteiger partial charge >= 0.3 is 0 Å². The van der Waals surface area contributed by atoms with Crippen molar-refractivity contribution < 1.29 is 0 Å². The van der Waals surface area contributed by atoms with E-state index in [4.69, 9.17) is 0 Å². The standard InChI is InChI=1S/C16H32N2/c1-4-14(2)17-13-15(3)18-11-9-16(10-12-18)7-5-6-8-16/h14-15,17H,4-13H2,1-3H3. The third-order valence-electron chi connectivity index (χ3n) is 5.52. The molecule has 1 aliphatic carbocycles. The first-order valence-electron chi connectivity index (χ1n) is 8.13. The fourth-order valence-corrected chi connectivity index (χ4v) is 3.71. The fourth-order valence-electron chi connectivity index (χ4n) is 3.71. The summed E-state index contributed by atoms with van der Waals surface area (Å²) in [6.07, 6.45) is 10.2. The highest BCUT2D eigenvalue weighted by Crippen LogP contribution is 2.46. The Morgan fingerprint density at radius 1 is 1.06 bits per heavy atom. The van der Waals surface area contributed by atoms with Crippen molar-refractivity contribution in [2.24, 2.45) is 5.41 Å². The molecule has 1 spiro atoms. The molecule has 0 aromatic carbocycles. The van der Waals surface area contributed by atoms with Crippen LogP contribution >= 0.6 is 0 Å². The maximum atomic E-state index is 3.65. The van der Waals surface area contributed by atoms with Gasteiger partial charge in [0.2, 0.25) is 0 Å². The van der Waals surface area contributed by atoms with Gasteiger partial charge in [-0.1, -0.05) is 19.8 Å². The van der Waals surface area contributed by atoms with Gasteiger partial charge < -0.3 is 5.32 Å². The van der Waals surface area contributed by atoms with E-state index in [9.17, 15) is 0 Å². The van der Waals surface area contributed by atoms with Crippen LogP contribution in [-0.4, -0.2) is 36.6 Å². The maximum Gasteiger partial charge on any atom is 0.0192 e. The normalized spacial score (nSPS) is 27.5. The van der Waals surface area contributed by atoms with Crippen LogP contribution in [-0.2, 0) is 0 Å². The lowest BCUT2D eigenvalue weighted by Crippen LogP contribution is -2.48. The summed E-state index contributed by atoms with van der Waals surface area (Å²) in [5.74, 6) is 0. The van der Waals surface area contributed by atoms with Gasteiger partial charge in [-0.2, -0.15) is 0 Å². The highest BCUT2D eigenvalue weighted by molar-refractivity contribution is 4.91. The molecule has 1 N–H and O–H groups in total. The van der Waals surface area contributed by atoms with Crippen LogP contribution in [0.1, 0.15) is 65.7 Å². The number of rotatable bonds is 5. The molecule has 2 aliphatic rings. The molecular weight excluding hydrogens is 220 g/mol. The van der Waals surface area contributed by atoms with E-state index < -0.39 is 0 Å². The van der Waals surface area contributed by atoms with Crippen LogP contribution in [0.5, 0.6) is 0 Å². The topological polar surface area (TPSA) is 15.3 Å². The minimum atomic E-state index is 0.665. The molecule has 0 aromatic heterocycles. The second-order valence-corrected chi connectivity index (χ2v) is 6.81. The summed E-state index contributed by atoms with van der Waals surface area (Å²) in [6, 6.07) is 1.37. The molecule has 2 nitrogen and oxygen atoms in total. The van der Waals surface area contributed by atoms with Gasteiger partial charge in [0, 0.05) is 18.6 Å². The average Bonchev–Trinajstić information content (AvgIpc) is 2.84. The Balaban J connectivity index is 1.71. The quantitative estimate of drug-likeness (QED) is 0.806. The van der Waals surface area contributed by atoms with Crippen LogP contribution in [0.15, 0.2) is 0 Å². The number of nitrogens with one attached hydrogen (secondary N) is 1. The monoisotopic (exact) mass is 252 g/mol. The molecule has 1 aliphatic heterocycles. The van der Waals surface area contributed by atoms with E-state index >= 15 is 0 Å². The Labute approximate surface area is 114 Å². The Morgan fingerprint density at radius 2 is 1.67 bits per heavy atom. The van der Waals surface area contributed by atoms with Crippen molar-refractivity contribution >= 4 is 0 Å². The zero-order valence-electron chi connectivity index (χ0n) is 12.7. The van der Waals surface area contributed by atoms with Crippen LogP contribution < -0.4 is 5.32 Å². The fraction of sp³-hybridized carbons (Fsp3) is 1.00. The maximum absolute atomic E-state index is 3.65. The van der Waals surface area contributed by atoms with Crippen molar-refractivity contribution in [1.29, 1.82) is 0 Å². The van der Waals surface area contributed by atoms with Crippen LogP contribution in [0.3, 0.4) is 0 Å². The van der Waals surface area contributed by atoms with Crippen molar-refractivity contribution in [3.8, 4) is 0 Å². The Morgan fingerprint density at radius 3 is 2.22 bits per heavy atom. The first-order chi connectivity index (χ1) is 8.65. The Kier molecular flexibility index (Phi) is 5.08. The number of nitrogens with zero attached hydrogens (tertiary/aromatic N) is 1. The Bertz CT molecular complexity index is 235. The third kappa shape index (κ3) is 3.48. The van der Waals surface area contributed by atoms with E-state index in [1.807, 2.05) is 0 Å². The minimum Gasteiger partial charge on any atom is -0.313 e. The predicted octanol–water partition coefficient (Wildman–Crippen LogP) is 3.42. The molecule has 106 valence electrons. The lowest BCUT2D eigenvalue weighted by atomic mass is 9.77. The summed E-state index contributed by atoms with van der Waals surface area (Å²) >= 11 is 0. The van der Waals surface area contributed by atoms with Crippen molar-refractivity contribution in [3.05, 3.63) is 0 Å². The molecule has 0 aromatic rings. The van der Waals surface area contributed by atoms with Gasteiger partial charge in [-0.25, -0.2) is 0 Å². The zero-order chi connectivity index (χ0) is 13.0. The molecule has 18 heavy (non-hydrogen) atoms. The summed E-state index contributed by atoms with van der Waals surface area (Å²) in [7, 11) is 0. The number of hydrogen-bond donors (Lipinski definition) is 1. The molecule has 0 amide bonds. The van der Waals surface area contributed by atoms with Crippen molar-refractivity contribution in [3.63, 3.8) is 0 Å². The molecule has 1 saturated heterocycles. The molecule has 1 saturated carbocycles. The highest BCUT2D eigenvalue weighted by atomic mass is 15.2. The number of piperidine rings is 1. The summed E-state index contributed by atoms with van der Waals surface area (Å²) in [6.45, 7) is 10.8. The second-order valence-electron chi connectivity index (χ2n) is 6.81. The Hall–Kier alpha value is -0.0800. The second kappa shape index (κ2) is 6.38. The lowest BCUT2D eigenvalue weighted by molar-refractivity contribution is 0.0803. The van der Waals surface area contributed by atoms with Crippen molar-refractivity contribution in [2.45, 2.75) is 77.8 Å². The summed E-state index contributed by atoms with van der Waals surface area (Å²) < 4.78 is 0. The first kappa shape index (κ1) is 14.3. The van der Waals surface area contributed by atoms with Gasteiger partial charge in [0.1, 0.15) is 0 Å². The highest BCUT2D eigenvalue weighted by Gasteiger charge is 2.37. The molecule has 2 fully saturated rings. The van der Waals surface area contributed by atoms with Gasteiger partial charge in [0.15, 0.2) is 0 Å². The van der Waals surface area contributed by atoms with E-state index in [1.165, 1.54) is 58.0 Å². The van der Waals surface area contributed by atoms with Crippen LogP contribution in [0.25, 0.3) is 0 Å². The molecule has 0 radical (unpaired) electrons. The van der Waals surface area contributed by atoms with E-state index in [-0.39, 0.29) is 0 Å². The molecular formula is C16H32N2. The van der Waals surface area contributed by atoms with Crippen molar-refractivity contribution in [1.82, 2.24) is 10.2 Å². The van der Waals surface area contributed by atoms with Gasteiger partial charge in [0.05, 0.1) is 0 Å². The van der Waals surface area contributed by atoms with E-state index in [0.717, 1.165) is 12.0 Å². The predicted molar refractivity (Wildman–Crippen MR) is 78.9 cm³/mol. The van der Waals surface area contributed by atoms with E-state index in [1.54, 1.807) is 0 Å². The van der Waals surface area contributed by atoms with Crippen LogP contribution in [0.4, 0.5) is 0 Å². The van der Waals surface area contributed by atoms with E-state index in [0.29, 0.717) is 12.1 Å².